The molecule has 2 rings (SSSR count). The number of benzene rings is 1. The Labute approximate surface area is 114 Å². The van der Waals surface area contributed by atoms with Crippen LogP contribution in [-0.2, 0) is 0 Å². The van der Waals surface area contributed by atoms with E-state index in [0.717, 1.165) is 10.2 Å². The zero-order chi connectivity index (χ0) is 11.7. The van der Waals surface area contributed by atoms with E-state index in [9.17, 15) is 4.79 Å². The summed E-state index contributed by atoms with van der Waals surface area (Å²) in [6.07, 6.45) is 1.35. The third-order valence-corrected chi connectivity index (χ3v) is 3.73. The minimum Gasteiger partial charge on any atom is -0.478 e. The first-order valence-corrected chi connectivity index (χ1v) is 6.20. The van der Waals surface area contributed by atoms with Gasteiger partial charge in [-0.25, -0.2) is 9.48 Å². The lowest BCUT2D eigenvalue weighted by Gasteiger charge is -2.05. The van der Waals surface area contributed by atoms with Gasteiger partial charge in [-0.2, -0.15) is 5.10 Å². The fraction of sp³-hybridized carbons (Fsp3) is 0. The standard InChI is InChI=1S/C10H6BrIN2O2/c11-7-3-1-2-4-8(7)14-9(12)6(5-13-14)10(15)16/h1-5H,(H,15,16). The average Bonchev–Trinajstić information content (AvgIpc) is 2.61. The van der Waals surface area contributed by atoms with Crippen LogP contribution in [-0.4, -0.2) is 20.9 Å². The van der Waals surface area contributed by atoms with Gasteiger partial charge in [0.15, 0.2) is 0 Å². The monoisotopic (exact) mass is 392 g/mol. The van der Waals surface area contributed by atoms with E-state index < -0.39 is 5.97 Å². The second-order valence-corrected chi connectivity index (χ2v) is 4.89. The Bertz CT molecular complexity index is 554. The quantitative estimate of drug-likeness (QED) is 0.799. The Hall–Kier alpha value is -0.890. The van der Waals surface area contributed by atoms with Crippen molar-refractivity contribution < 1.29 is 9.90 Å². The van der Waals surface area contributed by atoms with E-state index in [2.05, 4.69) is 21.0 Å². The molecule has 0 unspecified atom stereocenters. The lowest BCUT2D eigenvalue weighted by molar-refractivity contribution is 0.0695. The Morgan fingerprint density at radius 1 is 1.44 bits per heavy atom. The molecule has 6 heteroatoms. The van der Waals surface area contributed by atoms with Gasteiger partial charge in [-0.3, -0.25) is 0 Å². The number of hydrogen-bond donors (Lipinski definition) is 1. The average molecular weight is 393 g/mol. The minimum absolute atomic E-state index is 0.205. The number of rotatable bonds is 2. The predicted molar refractivity (Wildman–Crippen MR) is 70.9 cm³/mol. The van der Waals surface area contributed by atoms with E-state index in [1.54, 1.807) is 4.68 Å². The van der Waals surface area contributed by atoms with Gasteiger partial charge >= 0.3 is 5.97 Å². The summed E-state index contributed by atoms with van der Waals surface area (Å²) in [5, 5.41) is 13.0. The van der Waals surface area contributed by atoms with Gasteiger partial charge in [0.1, 0.15) is 9.26 Å². The summed E-state index contributed by atoms with van der Waals surface area (Å²) in [5.41, 5.74) is 1.02. The first-order valence-electron chi connectivity index (χ1n) is 4.33. The first-order chi connectivity index (χ1) is 7.61. The maximum atomic E-state index is 10.9. The highest BCUT2D eigenvalue weighted by molar-refractivity contribution is 14.1. The van der Waals surface area contributed by atoms with Crippen LogP contribution >= 0.6 is 38.5 Å². The van der Waals surface area contributed by atoms with Crippen LogP contribution in [0.4, 0.5) is 0 Å². The zero-order valence-electron chi connectivity index (χ0n) is 7.89. The maximum absolute atomic E-state index is 10.9. The van der Waals surface area contributed by atoms with Crippen molar-refractivity contribution >= 4 is 44.5 Å². The minimum atomic E-state index is -0.970. The normalized spacial score (nSPS) is 10.4. The first kappa shape index (κ1) is 11.6. The van der Waals surface area contributed by atoms with Crippen molar-refractivity contribution in [1.29, 1.82) is 0 Å². The molecule has 2 aromatic rings. The number of aromatic nitrogens is 2. The van der Waals surface area contributed by atoms with Gasteiger partial charge in [0.2, 0.25) is 0 Å². The number of carboxylic acid groups (broad SMARTS) is 1. The molecule has 1 aromatic carbocycles. The molecule has 0 amide bonds. The summed E-state index contributed by atoms with van der Waals surface area (Å²) in [4.78, 5) is 10.9. The molecular formula is C10H6BrIN2O2. The zero-order valence-corrected chi connectivity index (χ0v) is 11.6. The summed E-state index contributed by atoms with van der Waals surface area (Å²) in [5.74, 6) is -0.970. The topological polar surface area (TPSA) is 55.1 Å². The summed E-state index contributed by atoms with van der Waals surface area (Å²) in [7, 11) is 0. The third-order valence-electron chi connectivity index (χ3n) is 2.02. The molecule has 0 fully saturated rings. The molecule has 4 nitrogen and oxygen atoms in total. The smallest absolute Gasteiger partial charge is 0.340 e. The molecular weight excluding hydrogens is 387 g/mol. The molecule has 0 spiro atoms. The molecule has 0 aliphatic rings. The van der Waals surface area contributed by atoms with Gasteiger partial charge in [-0.15, -0.1) is 0 Å². The highest BCUT2D eigenvalue weighted by atomic mass is 127. The number of nitrogens with zero attached hydrogens (tertiary/aromatic N) is 2. The number of carboxylic acids is 1. The van der Waals surface area contributed by atoms with Crippen LogP contribution in [0.1, 0.15) is 10.4 Å². The second kappa shape index (κ2) is 4.54. The van der Waals surface area contributed by atoms with Crippen LogP contribution in [0.3, 0.4) is 0 Å². The molecule has 82 valence electrons. The van der Waals surface area contributed by atoms with Crippen molar-refractivity contribution in [2.45, 2.75) is 0 Å². The van der Waals surface area contributed by atoms with Crippen LogP contribution in [0, 0.1) is 3.70 Å². The predicted octanol–water partition coefficient (Wildman–Crippen LogP) is 2.94. The van der Waals surface area contributed by atoms with Crippen LogP contribution in [0.25, 0.3) is 5.69 Å². The molecule has 16 heavy (non-hydrogen) atoms. The molecule has 1 heterocycles. The molecule has 0 aliphatic carbocycles. The van der Waals surface area contributed by atoms with Gasteiger partial charge in [-0.05, 0) is 50.7 Å². The summed E-state index contributed by atoms with van der Waals surface area (Å²) in [6.45, 7) is 0. The molecule has 0 bridgehead atoms. The number of aromatic carboxylic acids is 1. The molecule has 1 N–H and O–H groups in total. The second-order valence-electron chi connectivity index (χ2n) is 3.02. The highest BCUT2D eigenvalue weighted by Gasteiger charge is 2.16. The van der Waals surface area contributed by atoms with Gasteiger partial charge in [-0.1, -0.05) is 12.1 Å². The number of carbonyl (C=O) groups is 1. The van der Waals surface area contributed by atoms with Gasteiger partial charge in [0.05, 0.1) is 11.9 Å². The SMILES string of the molecule is O=C(O)c1cnn(-c2ccccc2Br)c1I. The van der Waals surface area contributed by atoms with E-state index >= 15 is 0 Å². The molecule has 0 saturated carbocycles. The number of para-hydroxylation sites is 1. The van der Waals surface area contributed by atoms with Gasteiger partial charge in [0, 0.05) is 4.47 Å². The Morgan fingerprint density at radius 2 is 2.12 bits per heavy atom. The molecule has 0 radical (unpaired) electrons. The highest BCUT2D eigenvalue weighted by Crippen LogP contribution is 2.23. The van der Waals surface area contributed by atoms with Crippen molar-refractivity contribution in [3.63, 3.8) is 0 Å². The van der Waals surface area contributed by atoms with Crippen molar-refractivity contribution in [2.75, 3.05) is 0 Å². The number of halogens is 2. The van der Waals surface area contributed by atoms with Crippen molar-refractivity contribution in [1.82, 2.24) is 9.78 Å². The van der Waals surface area contributed by atoms with E-state index in [1.807, 2.05) is 46.9 Å². The van der Waals surface area contributed by atoms with Crippen LogP contribution in [0.2, 0.25) is 0 Å². The lowest BCUT2D eigenvalue weighted by atomic mass is 10.3. The number of hydrogen-bond acceptors (Lipinski definition) is 2. The summed E-state index contributed by atoms with van der Waals surface area (Å²) >= 11 is 5.37. The van der Waals surface area contributed by atoms with Crippen molar-refractivity contribution in [2.24, 2.45) is 0 Å². The molecule has 0 atom stereocenters. The maximum Gasteiger partial charge on any atom is 0.340 e. The van der Waals surface area contributed by atoms with Crippen LogP contribution < -0.4 is 0 Å². The van der Waals surface area contributed by atoms with E-state index in [-0.39, 0.29) is 5.56 Å². The van der Waals surface area contributed by atoms with E-state index in [4.69, 9.17) is 5.11 Å². The fourth-order valence-corrected chi connectivity index (χ4v) is 2.48. The van der Waals surface area contributed by atoms with Crippen LogP contribution in [0.5, 0.6) is 0 Å². The van der Waals surface area contributed by atoms with Crippen LogP contribution in [0.15, 0.2) is 34.9 Å². The Morgan fingerprint density at radius 3 is 2.69 bits per heavy atom. The van der Waals surface area contributed by atoms with E-state index in [0.29, 0.717) is 3.70 Å². The summed E-state index contributed by atoms with van der Waals surface area (Å²) in [6, 6.07) is 7.51. The molecule has 1 aromatic heterocycles. The third kappa shape index (κ3) is 1.99. The van der Waals surface area contributed by atoms with Gasteiger partial charge < -0.3 is 5.11 Å². The van der Waals surface area contributed by atoms with Crippen molar-refractivity contribution in [3.8, 4) is 5.69 Å². The summed E-state index contributed by atoms with van der Waals surface area (Å²) < 4.78 is 3.04. The molecule has 0 saturated heterocycles. The largest absolute Gasteiger partial charge is 0.478 e. The fourth-order valence-electron chi connectivity index (χ4n) is 1.27. The molecule has 0 aliphatic heterocycles. The van der Waals surface area contributed by atoms with Crippen molar-refractivity contribution in [3.05, 3.63) is 44.2 Å². The Kier molecular flexibility index (Phi) is 3.29. The van der Waals surface area contributed by atoms with Gasteiger partial charge in [0.25, 0.3) is 0 Å². The van der Waals surface area contributed by atoms with E-state index in [1.165, 1.54) is 6.20 Å². The lowest BCUT2D eigenvalue weighted by Crippen LogP contribution is -2.03. The Balaban J connectivity index is 2.58.